The maximum atomic E-state index is 10.0. The minimum Gasteiger partial charge on any atom is -0.657 e. The van der Waals surface area contributed by atoms with E-state index >= 15 is 0 Å². The van der Waals surface area contributed by atoms with Gasteiger partial charge in [0.25, 0.3) is 0 Å². The van der Waals surface area contributed by atoms with E-state index in [4.69, 9.17) is 15.7 Å². The molecular weight excluding hydrogens is 1040 g/mol. The molecule has 0 saturated carbocycles. The van der Waals surface area contributed by atoms with E-state index in [1.807, 2.05) is 0 Å². The summed E-state index contributed by atoms with van der Waals surface area (Å²) in [5, 5.41) is 23.0. The Morgan fingerprint density at radius 3 is 1.10 bits per heavy atom. The molecule has 2 aliphatic heterocycles. The van der Waals surface area contributed by atoms with Crippen molar-refractivity contribution >= 4 is 49.4 Å². The fourth-order valence-electron chi connectivity index (χ4n) is 10.0. The van der Waals surface area contributed by atoms with Crippen LogP contribution in [-0.2, 0) is 24.9 Å². The molecule has 353 valence electrons. The van der Waals surface area contributed by atoms with Crippen LogP contribution in [0.5, 0.6) is 0 Å². The summed E-state index contributed by atoms with van der Waals surface area (Å²) in [5.41, 5.74) is 14.6. The molecular formula is C63H56IrN4O2-4. The van der Waals surface area contributed by atoms with Crippen molar-refractivity contribution in [1.29, 1.82) is 0 Å². The summed E-state index contributed by atoms with van der Waals surface area (Å²) >= 11 is 0. The van der Waals surface area contributed by atoms with Gasteiger partial charge in [0, 0.05) is 59.1 Å². The number of ketones is 1. The molecule has 0 aliphatic carbocycles. The van der Waals surface area contributed by atoms with Crippen molar-refractivity contribution in [2.24, 2.45) is 0 Å². The van der Waals surface area contributed by atoms with Crippen LogP contribution in [-0.4, -0.2) is 33.1 Å². The molecule has 0 amide bonds. The van der Waals surface area contributed by atoms with Crippen LogP contribution in [0, 0.1) is 12.1 Å². The Kier molecular flexibility index (Phi) is 15.3. The van der Waals surface area contributed by atoms with Crippen molar-refractivity contribution in [1.82, 2.24) is 9.13 Å². The first-order valence-corrected chi connectivity index (χ1v) is 24.3. The van der Waals surface area contributed by atoms with Crippen LogP contribution in [0.15, 0.2) is 194 Å². The number of hydrogen-bond donors (Lipinski definition) is 1. The van der Waals surface area contributed by atoms with Crippen molar-refractivity contribution in [2.75, 3.05) is 13.1 Å². The number of aromatic nitrogens is 2. The van der Waals surface area contributed by atoms with Gasteiger partial charge in [0.05, 0.1) is 27.8 Å². The van der Waals surface area contributed by atoms with Crippen LogP contribution >= 0.6 is 0 Å². The van der Waals surface area contributed by atoms with Crippen LogP contribution < -0.4 is 0 Å². The van der Waals surface area contributed by atoms with Crippen molar-refractivity contribution in [2.45, 2.75) is 64.5 Å². The Hall–Kier alpha value is -6.86. The maximum Gasteiger partial charge on any atom is 0.155 e. The molecule has 2 fully saturated rings. The third-order valence-corrected chi connectivity index (χ3v) is 13.4. The molecule has 2 unspecified atom stereocenters. The first-order chi connectivity index (χ1) is 33.9. The van der Waals surface area contributed by atoms with Gasteiger partial charge in [0.15, 0.2) is 5.78 Å². The quantitative estimate of drug-likeness (QED) is 0.0981. The van der Waals surface area contributed by atoms with Crippen LogP contribution in [0.4, 0.5) is 0 Å². The van der Waals surface area contributed by atoms with E-state index < -0.39 is 0 Å². The smallest absolute Gasteiger partial charge is 0.155 e. The van der Waals surface area contributed by atoms with Gasteiger partial charge in [-0.1, -0.05) is 147 Å². The summed E-state index contributed by atoms with van der Waals surface area (Å²) in [5.74, 6) is -0.0625. The Balaban J connectivity index is 0.000000151. The first kappa shape index (κ1) is 48.2. The molecule has 4 heterocycles. The van der Waals surface area contributed by atoms with Gasteiger partial charge in [-0.25, -0.2) is 0 Å². The summed E-state index contributed by atoms with van der Waals surface area (Å²) in [6, 6.07) is 73.0. The van der Waals surface area contributed by atoms with Crippen LogP contribution in [0.3, 0.4) is 0 Å². The first-order valence-electron chi connectivity index (χ1n) is 24.3. The van der Waals surface area contributed by atoms with Crippen LogP contribution in [0.25, 0.3) is 87.9 Å². The second kappa shape index (κ2) is 22.3. The van der Waals surface area contributed by atoms with Crippen molar-refractivity contribution < 1.29 is 30.0 Å². The number of piperidine rings is 2. The minimum absolute atomic E-state index is 0. The number of rotatable bonds is 7. The van der Waals surface area contributed by atoms with Gasteiger partial charge in [-0.15, -0.1) is 36.3 Å². The summed E-state index contributed by atoms with van der Waals surface area (Å²) < 4.78 is 4.71. The molecule has 12 rings (SSSR count). The fourth-order valence-corrected chi connectivity index (χ4v) is 10.0. The summed E-state index contributed by atoms with van der Waals surface area (Å²) in [7, 11) is 0. The zero-order valence-electron chi connectivity index (χ0n) is 39.7. The molecule has 7 heteroatoms. The van der Waals surface area contributed by atoms with Gasteiger partial charge in [0.2, 0.25) is 0 Å². The SMILES string of the molecule is CC(=O)/C=C(/C)O.[Ir].[c-]1cc(-c2ccc(-n3c4ccccc4c4ccccc43)cc2)ccc1C1CCCC[N-]1.[c-]1cc(-c2ccc(-n3c4ccccc4c4ccccc43)cc2)ccc1C1CCCC[N-]1. The van der Waals surface area contributed by atoms with Gasteiger partial charge >= 0.3 is 0 Å². The van der Waals surface area contributed by atoms with E-state index in [1.165, 1.54) is 134 Å². The molecule has 2 atom stereocenters. The Morgan fingerprint density at radius 2 is 0.829 bits per heavy atom. The van der Waals surface area contributed by atoms with E-state index in [2.05, 4.69) is 203 Å². The number of aliphatic hydroxyl groups is 1. The summed E-state index contributed by atoms with van der Waals surface area (Å²) in [4.78, 5) is 10.0. The van der Waals surface area contributed by atoms with Crippen molar-refractivity contribution in [3.63, 3.8) is 0 Å². The second-order valence-corrected chi connectivity index (χ2v) is 18.1. The van der Waals surface area contributed by atoms with Crippen LogP contribution in [0.1, 0.15) is 75.6 Å². The van der Waals surface area contributed by atoms with Gasteiger partial charge in [-0.05, 0) is 62.4 Å². The number of hydrogen-bond acceptors (Lipinski definition) is 2. The van der Waals surface area contributed by atoms with E-state index in [0.717, 1.165) is 25.9 Å². The normalized spacial score (nSPS) is 15.9. The van der Waals surface area contributed by atoms with E-state index in [0.29, 0.717) is 12.1 Å². The number of carbonyl (C=O) groups is 1. The number of para-hydroxylation sites is 4. The average molecular weight is 1090 g/mol. The minimum atomic E-state index is -0.125. The summed E-state index contributed by atoms with van der Waals surface area (Å²) in [6.45, 7) is 4.83. The fraction of sp³-hybridized carbons (Fsp3) is 0.190. The predicted octanol–water partition coefficient (Wildman–Crippen LogP) is 16.7. The Labute approximate surface area is 425 Å². The predicted molar refractivity (Wildman–Crippen MR) is 287 cm³/mol. The number of aliphatic hydroxyl groups excluding tert-OH is 1. The number of fused-ring (bicyclic) bond motifs is 6. The largest absolute Gasteiger partial charge is 0.657 e. The molecule has 0 spiro atoms. The third-order valence-electron chi connectivity index (χ3n) is 13.4. The zero-order chi connectivity index (χ0) is 47.1. The zero-order valence-corrected chi connectivity index (χ0v) is 42.1. The molecule has 8 aromatic carbocycles. The molecule has 1 radical (unpaired) electrons. The van der Waals surface area contributed by atoms with Gasteiger partial charge < -0.3 is 24.9 Å². The molecule has 0 bridgehead atoms. The molecule has 6 nitrogen and oxygen atoms in total. The Morgan fingerprint density at radius 1 is 0.486 bits per heavy atom. The monoisotopic (exact) mass is 1090 g/mol. The maximum absolute atomic E-state index is 10.0. The standard InChI is InChI=1S/2C29H24N2.C5H8O2.Ir/c2*1-3-10-28-25(7-1)26-8-2-4-11-29(26)31(28)24-18-16-22(17-19-24)21-12-14-23(15-13-21)27-9-5-6-20-30-27;1-4(6)3-5(2)7;/h2*1-4,7-8,10-14,16-19,27H,5-6,9,20H2;3,6H,1-2H3;/q2*-2;;/b;;4-3-;. The van der Waals surface area contributed by atoms with Gasteiger partial charge in [-0.3, -0.25) is 4.79 Å². The number of nitrogens with zero attached hydrogens (tertiary/aromatic N) is 4. The van der Waals surface area contributed by atoms with E-state index in [-0.39, 0.29) is 31.6 Å². The van der Waals surface area contributed by atoms with E-state index in [1.54, 1.807) is 0 Å². The van der Waals surface area contributed by atoms with E-state index in [9.17, 15) is 4.79 Å². The number of benzene rings is 8. The molecule has 10 aromatic rings. The van der Waals surface area contributed by atoms with Crippen LogP contribution in [0.2, 0.25) is 0 Å². The topological polar surface area (TPSA) is 75.4 Å². The molecule has 1 N–H and O–H groups in total. The molecule has 2 aliphatic rings. The van der Waals surface area contributed by atoms with Crippen molar-refractivity contribution in [3.05, 3.63) is 228 Å². The molecule has 2 saturated heterocycles. The second-order valence-electron chi connectivity index (χ2n) is 18.1. The summed E-state index contributed by atoms with van der Waals surface area (Å²) in [6.07, 6.45) is 8.48. The van der Waals surface area contributed by atoms with Crippen molar-refractivity contribution in [3.8, 4) is 33.6 Å². The van der Waals surface area contributed by atoms with Gasteiger partial charge in [0.1, 0.15) is 0 Å². The third kappa shape index (κ3) is 10.5. The molecule has 2 aromatic heterocycles. The average Bonchev–Trinajstić information content (AvgIpc) is 3.93. The number of allylic oxidation sites excluding steroid dienone is 2. The molecule has 70 heavy (non-hydrogen) atoms. The Bertz CT molecular complexity index is 3050. The van der Waals surface area contributed by atoms with Gasteiger partial charge in [-0.2, -0.15) is 59.7 Å². The number of carbonyl (C=O) groups excluding carboxylic acids is 1.